The van der Waals surface area contributed by atoms with E-state index < -0.39 is 0 Å². The van der Waals surface area contributed by atoms with E-state index in [0.29, 0.717) is 5.95 Å². The minimum atomic E-state index is 0.621. The van der Waals surface area contributed by atoms with Gasteiger partial charge in [0.15, 0.2) is 0 Å². The lowest BCUT2D eigenvalue weighted by Crippen LogP contribution is -2.25. The van der Waals surface area contributed by atoms with E-state index in [2.05, 4.69) is 25.7 Å². The standard InChI is InChI=1S/C11H14N6/c1-17-10(3-5-14-17)16-11-13-6-8-2-4-12-7-9(8)15-11/h3,5-6,12H,2,4,7H2,1H3,(H,13,15,16). The number of nitrogens with zero attached hydrogens (tertiary/aromatic N) is 4. The van der Waals surface area contributed by atoms with Gasteiger partial charge in [0.05, 0.1) is 11.9 Å². The van der Waals surface area contributed by atoms with Crippen LogP contribution in [0.5, 0.6) is 0 Å². The molecule has 0 aliphatic carbocycles. The van der Waals surface area contributed by atoms with Gasteiger partial charge >= 0.3 is 0 Å². The Morgan fingerprint density at radius 2 is 2.41 bits per heavy atom. The number of hydrogen-bond acceptors (Lipinski definition) is 5. The molecule has 6 nitrogen and oxygen atoms in total. The fraction of sp³-hybridized carbons (Fsp3) is 0.364. The van der Waals surface area contributed by atoms with Crippen molar-refractivity contribution in [1.29, 1.82) is 0 Å². The third kappa shape index (κ3) is 1.99. The summed E-state index contributed by atoms with van der Waals surface area (Å²) in [7, 11) is 1.88. The van der Waals surface area contributed by atoms with Crippen molar-refractivity contribution in [2.45, 2.75) is 13.0 Å². The molecule has 3 rings (SSSR count). The molecule has 2 aromatic heterocycles. The van der Waals surface area contributed by atoms with Crippen LogP contribution in [0, 0.1) is 0 Å². The van der Waals surface area contributed by atoms with Crippen LogP contribution < -0.4 is 10.6 Å². The molecule has 0 saturated heterocycles. The number of fused-ring (bicyclic) bond motifs is 1. The lowest BCUT2D eigenvalue weighted by Gasteiger charge is -2.16. The molecule has 0 atom stereocenters. The normalized spacial score (nSPS) is 14.4. The predicted octanol–water partition coefficient (Wildman–Crippen LogP) is 0.599. The molecule has 0 amide bonds. The highest BCUT2D eigenvalue weighted by Gasteiger charge is 2.11. The quantitative estimate of drug-likeness (QED) is 0.790. The van der Waals surface area contributed by atoms with Gasteiger partial charge in [0, 0.05) is 25.9 Å². The fourth-order valence-electron chi connectivity index (χ4n) is 1.91. The van der Waals surface area contributed by atoms with Gasteiger partial charge in [0.1, 0.15) is 5.82 Å². The van der Waals surface area contributed by atoms with Crippen LogP contribution in [0.15, 0.2) is 18.5 Å². The highest BCUT2D eigenvalue weighted by Crippen LogP contribution is 2.15. The van der Waals surface area contributed by atoms with Gasteiger partial charge in [0.25, 0.3) is 0 Å². The molecule has 0 fully saturated rings. The first-order chi connectivity index (χ1) is 8.33. The molecule has 2 aromatic rings. The fourth-order valence-corrected chi connectivity index (χ4v) is 1.91. The van der Waals surface area contributed by atoms with E-state index in [0.717, 1.165) is 31.0 Å². The highest BCUT2D eigenvalue weighted by molar-refractivity contribution is 5.47. The molecule has 0 spiro atoms. The van der Waals surface area contributed by atoms with E-state index in [4.69, 9.17) is 0 Å². The van der Waals surface area contributed by atoms with Crippen LogP contribution in [0.4, 0.5) is 11.8 Å². The van der Waals surface area contributed by atoms with E-state index >= 15 is 0 Å². The topological polar surface area (TPSA) is 67.7 Å². The SMILES string of the molecule is Cn1nccc1Nc1ncc2c(n1)CNCC2. The smallest absolute Gasteiger partial charge is 0.228 e. The van der Waals surface area contributed by atoms with Crippen molar-refractivity contribution in [2.75, 3.05) is 11.9 Å². The Morgan fingerprint density at radius 3 is 3.24 bits per heavy atom. The summed E-state index contributed by atoms with van der Waals surface area (Å²) in [6, 6.07) is 1.89. The summed E-state index contributed by atoms with van der Waals surface area (Å²) in [5.41, 5.74) is 2.32. The van der Waals surface area contributed by atoms with E-state index in [9.17, 15) is 0 Å². The molecule has 2 N–H and O–H groups in total. The number of anilines is 2. The number of hydrogen-bond donors (Lipinski definition) is 2. The van der Waals surface area contributed by atoms with Crippen molar-refractivity contribution in [2.24, 2.45) is 7.05 Å². The number of aryl methyl sites for hydroxylation is 1. The molecule has 1 aliphatic rings. The average Bonchev–Trinajstić information content (AvgIpc) is 2.75. The summed E-state index contributed by atoms with van der Waals surface area (Å²) in [5, 5.41) is 10.5. The predicted molar refractivity (Wildman–Crippen MR) is 63.9 cm³/mol. The molecular formula is C11H14N6. The Morgan fingerprint density at radius 1 is 1.47 bits per heavy atom. The van der Waals surface area contributed by atoms with E-state index in [1.807, 2.05) is 19.3 Å². The Balaban J connectivity index is 1.87. The molecule has 3 heterocycles. The maximum absolute atomic E-state index is 4.50. The lowest BCUT2D eigenvalue weighted by atomic mass is 10.1. The summed E-state index contributed by atoms with van der Waals surface area (Å²) >= 11 is 0. The largest absolute Gasteiger partial charge is 0.311 e. The zero-order valence-electron chi connectivity index (χ0n) is 9.64. The Bertz CT molecular complexity index is 533. The molecule has 6 heteroatoms. The third-order valence-corrected chi connectivity index (χ3v) is 2.88. The van der Waals surface area contributed by atoms with Gasteiger partial charge in [-0.2, -0.15) is 5.10 Å². The Kier molecular flexibility index (Phi) is 2.49. The Hall–Kier alpha value is -1.95. The Labute approximate surface area is 99.1 Å². The third-order valence-electron chi connectivity index (χ3n) is 2.88. The maximum Gasteiger partial charge on any atom is 0.228 e. The zero-order valence-corrected chi connectivity index (χ0v) is 9.64. The first-order valence-corrected chi connectivity index (χ1v) is 5.63. The van der Waals surface area contributed by atoms with Crippen LogP contribution in [0.1, 0.15) is 11.3 Å². The molecule has 0 aromatic carbocycles. The van der Waals surface area contributed by atoms with Crippen molar-refractivity contribution in [1.82, 2.24) is 25.1 Å². The second-order valence-electron chi connectivity index (χ2n) is 4.06. The summed E-state index contributed by atoms with van der Waals surface area (Å²) < 4.78 is 1.75. The van der Waals surface area contributed by atoms with Crippen molar-refractivity contribution < 1.29 is 0 Å². The van der Waals surface area contributed by atoms with Gasteiger partial charge < -0.3 is 10.6 Å². The summed E-state index contributed by atoms with van der Waals surface area (Å²) in [6.45, 7) is 1.82. The van der Waals surface area contributed by atoms with Gasteiger partial charge in [-0.15, -0.1) is 0 Å². The van der Waals surface area contributed by atoms with Crippen LogP contribution in [0.3, 0.4) is 0 Å². The highest BCUT2D eigenvalue weighted by atomic mass is 15.3. The zero-order chi connectivity index (χ0) is 11.7. The minimum Gasteiger partial charge on any atom is -0.311 e. The van der Waals surface area contributed by atoms with Crippen molar-refractivity contribution in [3.05, 3.63) is 29.7 Å². The molecule has 0 unspecified atom stereocenters. The lowest BCUT2D eigenvalue weighted by molar-refractivity contribution is 0.624. The second-order valence-corrected chi connectivity index (χ2v) is 4.06. The summed E-state index contributed by atoms with van der Waals surface area (Å²) in [6.07, 6.45) is 4.64. The second kappa shape index (κ2) is 4.14. The van der Waals surface area contributed by atoms with Crippen LogP contribution in [0.25, 0.3) is 0 Å². The van der Waals surface area contributed by atoms with Crippen LogP contribution in [0.2, 0.25) is 0 Å². The van der Waals surface area contributed by atoms with Crippen molar-refractivity contribution in [3.8, 4) is 0 Å². The van der Waals surface area contributed by atoms with E-state index in [-0.39, 0.29) is 0 Å². The molecule has 0 saturated carbocycles. The molecule has 0 bridgehead atoms. The molecule has 1 aliphatic heterocycles. The van der Waals surface area contributed by atoms with Crippen molar-refractivity contribution in [3.63, 3.8) is 0 Å². The average molecular weight is 230 g/mol. The summed E-state index contributed by atoms with van der Waals surface area (Å²) in [4.78, 5) is 8.82. The maximum atomic E-state index is 4.50. The molecule has 88 valence electrons. The van der Waals surface area contributed by atoms with Gasteiger partial charge in [-0.05, 0) is 18.5 Å². The monoisotopic (exact) mass is 230 g/mol. The number of aromatic nitrogens is 4. The van der Waals surface area contributed by atoms with Crippen LogP contribution in [-0.4, -0.2) is 26.3 Å². The first kappa shape index (κ1) is 10.2. The molecule has 17 heavy (non-hydrogen) atoms. The van der Waals surface area contributed by atoms with Crippen molar-refractivity contribution >= 4 is 11.8 Å². The molecule has 0 radical (unpaired) electrons. The number of rotatable bonds is 2. The van der Waals surface area contributed by atoms with Gasteiger partial charge in [0.2, 0.25) is 5.95 Å². The summed E-state index contributed by atoms with van der Waals surface area (Å²) in [5.74, 6) is 1.50. The minimum absolute atomic E-state index is 0.621. The first-order valence-electron chi connectivity index (χ1n) is 5.63. The van der Waals surface area contributed by atoms with Crippen LogP contribution >= 0.6 is 0 Å². The number of nitrogens with one attached hydrogen (secondary N) is 2. The molecular weight excluding hydrogens is 216 g/mol. The van der Waals surface area contributed by atoms with Gasteiger partial charge in [-0.3, -0.25) is 4.68 Å². The van der Waals surface area contributed by atoms with E-state index in [1.54, 1.807) is 10.9 Å². The van der Waals surface area contributed by atoms with Gasteiger partial charge in [-0.25, -0.2) is 9.97 Å². The van der Waals surface area contributed by atoms with Crippen LogP contribution in [-0.2, 0) is 20.0 Å². The van der Waals surface area contributed by atoms with Gasteiger partial charge in [-0.1, -0.05) is 0 Å². The van der Waals surface area contributed by atoms with E-state index in [1.165, 1.54) is 5.56 Å².